The average molecular weight is 306 g/mol. The van der Waals surface area contributed by atoms with Gasteiger partial charge in [0.25, 0.3) is 0 Å². The van der Waals surface area contributed by atoms with Crippen molar-refractivity contribution in [2.75, 3.05) is 26.7 Å². The number of methoxy groups -OCH3 is 1. The summed E-state index contributed by atoms with van der Waals surface area (Å²) in [5.41, 5.74) is 0.804. The lowest BCUT2D eigenvalue weighted by Crippen LogP contribution is -2.54. The third-order valence-electron chi connectivity index (χ3n) is 3.53. The van der Waals surface area contributed by atoms with Crippen molar-refractivity contribution < 1.29 is 14.3 Å². The number of ether oxygens (including phenoxy) is 2. The van der Waals surface area contributed by atoms with Crippen LogP contribution in [0.4, 0.5) is 4.79 Å². The van der Waals surface area contributed by atoms with Crippen LogP contribution in [0.15, 0.2) is 24.3 Å². The lowest BCUT2D eigenvalue weighted by atomic mass is 10.0. The first-order chi connectivity index (χ1) is 10.4. The Balaban J connectivity index is 1.63. The molecule has 0 atom stereocenters. The van der Waals surface area contributed by atoms with Crippen LogP contribution in [0.25, 0.3) is 0 Å². The van der Waals surface area contributed by atoms with Crippen LogP contribution in [-0.4, -0.2) is 43.3 Å². The predicted octanol–water partition coefficient (Wildman–Crippen LogP) is 2.65. The largest absolute Gasteiger partial charge is 0.497 e. The predicted molar refractivity (Wildman–Crippen MR) is 86.0 cm³/mol. The van der Waals surface area contributed by atoms with E-state index in [4.69, 9.17) is 9.47 Å². The smallest absolute Gasteiger partial charge is 0.410 e. The molecule has 1 aliphatic rings. The number of hydrogen-bond donors (Lipinski definition) is 1. The lowest BCUT2D eigenvalue weighted by Gasteiger charge is -2.39. The van der Waals surface area contributed by atoms with E-state index in [-0.39, 0.29) is 6.09 Å². The highest BCUT2D eigenvalue weighted by Gasteiger charge is 2.33. The molecular weight excluding hydrogens is 280 g/mol. The van der Waals surface area contributed by atoms with Crippen molar-refractivity contribution in [2.45, 2.75) is 32.9 Å². The first-order valence-electron chi connectivity index (χ1n) is 7.69. The monoisotopic (exact) mass is 306 g/mol. The fourth-order valence-electron chi connectivity index (χ4n) is 2.34. The number of nitrogens with one attached hydrogen (secondary N) is 1. The maximum atomic E-state index is 11.8. The number of benzene rings is 1. The molecule has 122 valence electrons. The van der Waals surface area contributed by atoms with Gasteiger partial charge in [-0.3, -0.25) is 0 Å². The normalized spacial score (nSPS) is 15.4. The van der Waals surface area contributed by atoms with Crippen molar-refractivity contribution in [3.05, 3.63) is 29.8 Å². The van der Waals surface area contributed by atoms with Crippen molar-refractivity contribution in [3.8, 4) is 5.75 Å². The van der Waals surface area contributed by atoms with Crippen LogP contribution in [0.2, 0.25) is 0 Å². The molecule has 22 heavy (non-hydrogen) atoms. The van der Waals surface area contributed by atoms with Gasteiger partial charge in [0.15, 0.2) is 0 Å². The van der Waals surface area contributed by atoms with Gasteiger partial charge < -0.3 is 19.7 Å². The van der Waals surface area contributed by atoms with E-state index in [0.29, 0.717) is 5.92 Å². The number of rotatable bonds is 5. The van der Waals surface area contributed by atoms with E-state index in [0.717, 1.165) is 31.9 Å². The molecule has 5 nitrogen and oxygen atoms in total. The average Bonchev–Trinajstić information content (AvgIpc) is 2.39. The maximum Gasteiger partial charge on any atom is 0.410 e. The van der Waals surface area contributed by atoms with E-state index in [2.05, 4.69) is 17.4 Å². The third-order valence-corrected chi connectivity index (χ3v) is 3.53. The van der Waals surface area contributed by atoms with Gasteiger partial charge in [0.2, 0.25) is 0 Å². The molecule has 1 amide bonds. The molecule has 0 saturated carbocycles. The molecule has 0 bridgehead atoms. The lowest BCUT2D eigenvalue weighted by molar-refractivity contribution is -0.000798. The molecule has 0 unspecified atom stereocenters. The molecule has 0 spiro atoms. The number of amides is 1. The van der Waals surface area contributed by atoms with Crippen LogP contribution in [0.5, 0.6) is 5.75 Å². The molecule has 1 aromatic carbocycles. The Kier molecular flexibility index (Phi) is 5.29. The van der Waals surface area contributed by atoms with Crippen LogP contribution in [0.3, 0.4) is 0 Å². The molecule has 0 aliphatic carbocycles. The van der Waals surface area contributed by atoms with Crippen molar-refractivity contribution in [1.82, 2.24) is 10.2 Å². The highest BCUT2D eigenvalue weighted by atomic mass is 16.6. The van der Waals surface area contributed by atoms with Crippen LogP contribution in [-0.2, 0) is 11.3 Å². The SMILES string of the molecule is COc1ccc(CNCC2CN(C(=O)OC(C)(C)C)C2)cc1. The van der Waals surface area contributed by atoms with E-state index < -0.39 is 5.60 Å². The van der Waals surface area contributed by atoms with Crippen LogP contribution in [0.1, 0.15) is 26.3 Å². The van der Waals surface area contributed by atoms with Crippen molar-refractivity contribution in [2.24, 2.45) is 5.92 Å². The Morgan fingerprint density at radius 1 is 1.27 bits per heavy atom. The zero-order chi connectivity index (χ0) is 16.2. The second-order valence-corrected chi connectivity index (χ2v) is 6.73. The third kappa shape index (κ3) is 4.91. The molecule has 1 aliphatic heterocycles. The minimum atomic E-state index is -0.422. The summed E-state index contributed by atoms with van der Waals surface area (Å²) in [7, 11) is 1.67. The summed E-state index contributed by atoms with van der Waals surface area (Å²) in [6, 6.07) is 8.04. The molecule has 1 heterocycles. The molecular formula is C17H26N2O3. The Bertz CT molecular complexity index is 488. The van der Waals surface area contributed by atoms with Crippen molar-refractivity contribution in [3.63, 3.8) is 0 Å². The minimum Gasteiger partial charge on any atom is -0.497 e. The fourth-order valence-corrected chi connectivity index (χ4v) is 2.34. The number of carbonyl (C=O) groups excluding carboxylic acids is 1. The topological polar surface area (TPSA) is 50.8 Å². The zero-order valence-electron chi connectivity index (χ0n) is 13.9. The number of carbonyl (C=O) groups is 1. The van der Waals surface area contributed by atoms with E-state index in [9.17, 15) is 4.79 Å². The standard InChI is InChI=1S/C17H26N2O3/c1-17(2,3)22-16(20)19-11-14(12-19)10-18-9-13-5-7-15(21-4)8-6-13/h5-8,14,18H,9-12H2,1-4H3. The summed E-state index contributed by atoms with van der Waals surface area (Å²) >= 11 is 0. The van der Waals surface area contributed by atoms with Gasteiger partial charge in [0, 0.05) is 32.1 Å². The van der Waals surface area contributed by atoms with E-state index in [1.54, 1.807) is 12.0 Å². The Hall–Kier alpha value is -1.75. The van der Waals surface area contributed by atoms with Crippen LogP contribution < -0.4 is 10.1 Å². The van der Waals surface area contributed by atoms with Crippen molar-refractivity contribution >= 4 is 6.09 Å². The van der Waals surface area contributed by atoms with E-state index in [1.165, 1.54) is 5.56 Å². The first kappa shape index (κ1) is 16.6. The summed E-state index contributed by atoms with van der Waals surface area (Å²) in [4.78, 5) is 13.6. The fraction of sp³-hybridized carbons (Fsp3) is 0.588. The maximum absolute atomic E-state index is 11.8. The molecule has 0 aromatic heterocycles. The van der Waals surface area contributed by atoms with Gasteiger partial charge in [-0.15, -0.1) is 0 Å². The first-order valence-corrected chi connectivity index (χ1v) is 7.69. The summed E-state index contributed by atoms with van der Waals surface area (Å²) in [5, 5.41) is 3.43. The summed E-state index contributed by atoms with van der Waals surface area (Å²) in [6.45, 7) is 8.93. The van der Waals surface area contributed by atoms with E-state index >= 15 is 0 Å². The summed E-state index contributed by atoms with van der Waals surface area (Å²) < 4.78 is 10.5. The van der Waals surface area contributed by atoms with Gasteiger partial charge >= 0.3 is 6.09 Å². The molecule has 1 saturated heterocycles. The van der Waals surface area contributed by atoms with Gasteiger partial charge in [-0.05, 0) is 38.5 Å². The van der Waals surface area contributed by atoms with Crippen LogP contribution >= 0.6 is 0 Å². The highest BCUT2D eigenvalue weighted by molar-refractivity contribution is 5.69. The van der Waals surface area contributed by atoms with Gasteiger partial charge in [-0.25, -0.2) is 4.79 Å². The van der Waals surface area contributed by atoms with Crippen molar-refractivity contribution in [1.29, 1.82) is 0 Å². The molecule has 5 heteroatoms. The minimum absolute atomic E-state index is 0.209. The molecule has 2 rings (SSSR count). The Morgan fingerprint density at radius 2 is 1.91 bits per heavy atom. The number of likely N-dealkylation sites (tertiary alicyclic amines) is 1. The Labute approximate surface area is 132 Å². The van der Waals surface area contributed by atoms with Crippen LogP contribution in [0, 0.1) is 5.92 Å². The summed E-state index contributed by atoms with van der Waals surface area (Å²) in [5.74, 6) is 1.38. The number of hydrogen-bond acceptors (Lipinski definition) is 4. The quantitative estimate of drug-likeness (QED) is 0.908. The molecule has 1 N–H and O–H groups in total. The highest BCUT2D eigenvalue weighted by Crippen LogP contribution is 2.19. The summed E-state index contributed by atoms with van der Waals surface area (Å²) in [6.07, 6.45) is -0.209. The van der Waals surface area contributed by atoms with Gasteiger partial charge in [0.1, 0.15) is 11.4 Å². The second-order valence-electron chi connectivity index (χ2n) is 6.73. The molecule has 0 radical (unpaired) electrons. The van der Waals surface area contributed by atoms with E-state index in [1.807, 2.05) is 32.9 Å². The van der Waals surface area contributed by atoms with Gasteiger partial charge in [0.05, 0.1) is 7.11 Å². The molecule has 1 aromatic rings. The zero-order valence-corrected chi connectivity index (χ0v) is 13.9. The van der Waals surface area contributed by atoms with Gasteiger partial charge in [-0.1, -0.05) is 12.1 Å². The second kappa shape index (κ2) is 7.01. The van der Waals surface area contributed by atoms with Gasteiger partial charge in [-0.2, -0.15) is 0 Å². The number of nitrogens with zero attached hydrogens (tertiary/aromatic N) is 1. The Morgan fingerprint density at radius 3 is 2.45 bits per heavy atom. The molecule has 1 fully saturated rings.